The van der Waals surface area contributed by atoms with E-state index in [4.69, 9.17) is 5.11 Å². The molecule has 0 bridgehead atoms. The summed E-state index contributed by atoms with van der Waals surface area (Å²) in [5.41, 5.74) is 2.49. The third-order valence-electron chi connectivity index (χ3n) is 5.02. The van der Waals surface area contributed by atoms with Gasteiger partial charge in [0.1, 0.15) is 0 Å². The summed E-state index contributed by atoms with van der Waals surface area (Å²) in [6.45, 7) is 1.57. The number of benzene rings is 1. The second-order valence-electron chi connectivity index (χ2n) is 6.90. The predicted octanol–water partition coefficient (Wildman–Crippen LogP) is 3.19. The lowest BCUT2D eigenvalue weighted by atomic mass is 9.89. The number of amides is 1. The minimum Gasteiger partial charge on any atom is -0.478 e. The second kappa shape index (κ2) is 8.61. The van der Waals surface area contributed by atoms with Crippen LogP contribution in [0.15, 0.2) is 48.8 Å². The number of aromatic nitrogens is 1. The van der Waals surface area contributed by atoms with Gasteiger partial charge in [-0.2, -0.15) is 0 Å². The van der Waals surface area contributed by atoms with Gasteiger partial charge in [0.25, 0.3) is 0 Å². The van der Waals surface area contributed by atoms with E-state index >= 15 is 0 Å². The topological polar surface area (TPSA) is 70.5 Å². The Kier molecular flexibility index (Phi) is 6.00. The Morgan fingerprint density at radius 3 is 2.58 bits per heavy atom. The van der Waals surface area contributed by atoms with E-state index in [1.54, 1.807) is 24.4 Å². The molecule has 0 atom stereocenters. The number of aromatic carboxylic acids is 1. The molecule has 1 amide bonds. The van der Waals surface area contributed by atoms with E-state index in [9.17, 15) is 9.59 Å². The lowest BCUT2D eigenvalue weighted by Gasteiger charge is -2.32. The van der Waals surface area contributed by atoms with Gasteiger partial charge in [0.05, 0.1) is 5.56 Å². The second-order valence-corrected chi connectivity index (χ2v) is 6.90. The first-order chi connectivity index (χ1) is 12.6. The van der Waals surface area contributed by atoms with Crippen molar-refractivity contribution in [3.63, 3.8) is 0 Å². The quantitative estimate of drug-likeness (QED) is 0.867. The van der Waals surface area contributed by atoms with Crippen LogP contribution < -0.4 is 0 Å². The molecular weight excluding hydrogens is 328 g/mol. The standard InChI is InChI=1S/C21H24N2O3/c24-20(7-6-17-4-2-10-22-15-17)23-11-8-16(9-12-23)13-18-3-1-5-19(14-18)21(25)26/h1-5,10,14-16H,6-9,11-13H2,(H,25,26). The van der Waals surface area contributed by atoms with E-state index in [1.807, 2.05) is 29.3 Å². The van der Waals surface area contributed by atoms with Crippen molar-refractivity contribution < 1.29 is 14.7 Å². The van der Waals surface area contributed by atoms with Crippen LogP contribution in [-0.2, 0) is 17.6 Å². The molecule has 1 N–H and O–H groups in total. The van der Waals surface area contributed by atoms with Crippen LogP contribution in [0.3, 0.4) is 0 Å². The van der Waals surface area contributed by atoms with E-state index in [0.717, 1.165) is 49.9 Å². The molecule has 1 aromatic heterocycles. The molecule has 1 saturated heterocycles. The number of carbonyl (C=O) groups is 2. The van der Waals surface area contributed by atoms with E-state index in [2.05, 4.69) is 4.98 Å². The molecule has 26 heavy (non-hydrogen) atoms. The van der Waals surface area contributed by atoms with Crippen molar-refractivity contribution in [2.24, 2.45) is 5.92 Å². The molecule has 3 rings (SSSR count). The molecule has 0 aliphatic carbocycles. The summed E-state index contributed by atoms with van der Waals surface area (Å²) >= 11 is 0. The molecule has 0 spiro atoms. The first kappa shape index (κ1) is 18.1. The highest BCUT2D eigenvalue weighted by atomic mass is 16.4. The summed E-state index contributed by atoms with van der Waals surface area (Å²) in [5, 5.41) is 9.10. The minimum absolute atomic E-state index is 0.208. The average molecular weight is 352 g/mol. The van der Waals surface area contributed by atoms with Gasteiger partial charge in [-0.15, -0.1) is 0 Å². The lowest BCUT2D eigenvalue weighted by molar-refractivity contribution is -0.132. The van der Waals surface area contributed by atoms with Crippen LogP contribution >= 0.6 is 0 Å². The normalized spacial score (nSPS) is 15.0. The summed E-state index contributed by atoms with van der Waals surface area (Å²) in [6.07, 6.45) is 7.61. The number of aryl methyl sites for hydroxylation is 1. The Morgan fingerprint density at radius 2 is 1.88 bits per heavy atom. The zero-order valence-electron chi connectivity index (χ0n) is 14.8. The predicted molar refractivity (Wildman–Crippen MR) is 99.0 cm³/mol. The van der Waals surface area contributed by atoms with Gasteiger partial charge >= 0.3 is 5.97 Å². The number of likely N-dealkylation sites (tertiary alicyclic amines) is 1. The van der Waals surface area contributed by atoms with Crippen LogP contribution in [-0.4, -0.2) is 40.0 Å². The number of hydrogen-bond donors (Lipinski definition) is 1. The third kappa shape index (κ3) is 4.91. The van der Waals surface area contributed by atoms with Gasteiger partial charge in [0, 0.05) is 31.9 Å². The fraction of sp³-hybridized carbons (Fsp3) is 0.381. The molecule has 0 saturated carbocycles. The Hall–Kier alpha value is -2.69. The number of piperidine rings is 1. The molecular formula is C21H24N2O3. The van der Waals surface area contributed by atoms with Crippen molar-refractivity contribution in [1.29, 1.82) is 0 Å². The Bertz CT molecular complexity index is 753. The van der Waals surface area contributed by atoms with Gasteiger partial charge in [-0.1, -0.05) is 18.2 Å². The highest BCUT2D eigenvalue weighted by Gasteiger charge is 2.23. The molecule has 1 aliphatic rings. The summed E-state index contributed by atoms with van der Waals surface area (Å²) in [6, 6.07) is 11.1. The van der Waals surface area contributed by atoms with Crippen LogP contribution in [0.2, 0.25) is 0 Å². The monoisotopic (exact) mass is 352 g/mol. The van der Waals surface area contributed by atoms with Gasteiger partial charge in [-0.25, -0.2) is 4.79 Å². The van der Waals surface area contributed by atoms with Crippen LogP contribution in [0.4, 0.5) is 0 Å². The molecule has 136 valence electrons. The van der Waals surface area contributed by atoms with Crippen LogP contribution in [0, 0.1) is 5.92 Å². The molecule has 2 heterocycles. The Morgan fingerprint density at radius 1 is 1.12 bits per heavy atom. The molecule has 1 fully saturated rings. The molecule has 1 aliphatic heterocycles. The van der Waals surface area contributed by atoms with Gasteiger partial charge < -0.3 is 10.0 Å². The zero-order chi connectivity index (χ0) is 18.4. The van der Waals surface area contributed by atoms with E-state index in [1.165, 1.54) is 0 Å². The van der Waals surface area contributed by atoms with Crippen molar-refractivity contribution in [3.8, 4) is 0 Å². The summed E-state index contributed by atoms with van der Waals surface area (Å²) in [7, 11) is 0. The number of nitrogens with zero attached hydrogens (tertiary/aromatic N) is 2. The third-order valence-corrected chi connectivity index (χ3v) is 5.02. The smallest absolute Gasteiger partial charge is 0.335 e. The van der Waals surface area contributed by atoms with Gasteiger partial charge in [0.15, 0.2) is 0 Å². The fourth-order valence-corrected chi connectivity index (χ4v) is 3.51. The number of pyridine rings is 1. The van der Waals surface area contributed by atoms with E-state index in [0.29, 0.717) is 17.9 Å². The fourth-order valence-electron chi connectivity index (χ4n) is 3.51. The van der Waals surface area contributed by atoms with Gasteiger partial charge in [-0.3, -0.25) is 9.78 Å². The van der Waals surface area contributed by atoms with Crippen LogP contribution in [0.1, 0.15) is 40.7 Å². The number of hydrogen-bond acceptors (Lipinski definition) is 3. The SMILES string of the molecule is O=C(O)c1cccc(CC2CCN(C(=O)CCc3cccnc3)CC2)c1. The Balaban J connectivity index is 1.46. The van der Waals surface area contributed by atoms with Crippen molar-refractivity contribution in [1.82, 2.24) is 9.88 Å². The molecule has 1 aromatic carbocycles. The largest absolute Gasteiger partial charge is 0.478 e. The number of rotatable bonds is 6. The summed E-state index contributed by atoms with van der Waals surface area (Å²) < 4.78 is 0. The van der Waals surface area contributed by atoms with Crippen LogP contribution in [0.25, 0.3) is 0 Å². The first-order valence-electron chi connectivity index (χ1n) is 9.11. The first-order valence-corrected chi connectivity index (χ1v) is 9.11. The molecule has 2 aromatic rings. The molecule has 0 unspecified atom stereocenters. The van der Waals surface area contributed by atoms with E-state index < -0.39 is 5.97 Å². The van der Waals surface area contributed by atoms with Crippen LogP contribution in [0.5, 0.6) is 0 Å². The molecule has 0 radical (unpaired) electrons. The highest BCUT2D eigenvalue weighted by Crippen LogP contribution is 2.23. The minimum atomic E-state index is -0.888. The van der Waals surface area contributed by atoms with E-state index in [-0.39, 0.29) is 5.91 Å². The number of carbonyl (C=O) groups excluding carboxylic acids is 1. The maximum atomic E-state index is 12.4. The van der Waals surface area contributed by atoms with Gasteiger partial charge in [0.2, 0.25) is 5.91 Å². The number of carboxylic acid groups (broad SMARTS) is 1. The van der Waals surface area contributed by atoms with Crippen molar-refractivity contribution in [2.75, 3.05) is 13.1 Å². The highest BCUT2D eigenvalue weighted by molar-refractivity contribution is 5.87. The maximum absolute atomic E-state index is 12.4. The number of carboxylic acids is 1. The summed E-state index contributed by atoms with van der Waals surface area (Å²) in [4.78, 5) is 29.5. The lowest BCUT2D eigenvalue weighted by Crippen LogP contribution is -2.39. The Labute approximate surface area is 153 Å². The zero-order valence-corrected chi connectivity index (χ0v) is 14.8. The van der Waals surface area contributed by atoms with Crippen molar-refractivity contribution in [3.05, 3.63) is 65.5 Å². The summed E-state index contributed by atoms with van der Waals surface area (Å²) in [5.74, 6) is -0.178. The molecule has 5 heteroatoms. The van der Waals surface area contributed by atoms with Gasteiger partial charge in [-0.05, 0) is 60.9 Å². The van der Waals surface area contributed by atoms with Crippen molar-refractivity contribution in [2.45, 2.75) is 32.1 Å². The average Bonchev–Trinajstić information content (AvgIpc) is 2.68. The molecule has 5 nitrogen and oxygen atoms in total. The van der Waals surface area contributed by atoms with Crippen molar-refractivity contribution >= 4 is 11.9 Å². The maximum Gasteiger partial charge on any atom is 0.335 e.